The van der Waals surface area contributed by atoms with Crippen molar-refractivity contribution in [2.24, 2.45) is 0 Å². The highest BCUT2D eigenvalue weighted by Gasteiger charge is 2.22. The summed E-state index contributed by atoms with van der Waals surface area (Å²) in [4.78, 5) is 15.2. The molecule has 30 heavy (non-hydrogen) atoms. The first-order chi connectivity index (χ1) is 14.7. The number of amides is 1. The van der Waals surface area contributed by atoms with Crippen LogP contribution in [0.4, 0.5) is 0 Å². The third-order valence-electron chi connectivity index (χ3n) is 5.24. The van der Waals surface area contributed by atoms with Crippen LogP contribution < -0.4 is 14.8 Å². The summed E-state index contributed by atoms with van der Waals surface area (Å²) < 4.78 is 12.4. The Kier molecular flexibility index (Phi) is 5.99. The number of fused-ring (bicyclic) bond motifs is 1. The predicted octanol–water partition coefficient (Wildman–Crippen LogP) is 2.85. The van der Waals surface area contributed by atoms with Crippen LogP contribution in [0, 0.1) is 0 Å². The number of hydrogen-bond acceptors (Lipinski definition) is 5. The van der Waals surface area contributed by atoms with E-state index in [-0.39, 0.29) is 5.91 Å². The Labute approximate surface area is 176 Å². The molecule has 2 heterocycles. The van der Waals surface area contributed by atoms with Gasteiger partial charge in [-0.05, 0) is 41.5 Å². The fourth-order valence-corrected chi connectivity index (χ4v) is 3.56. The second kappa shape index (κ2) is 9.00. The average molecular weight is 406 g/mol. The van der Waals surface area contributed by atoms with E-state index in [1.807, 2.05) is 64.2 Å². The molecular weight excluding hydrogens is 380 g/mol. The van der Waals surface area contributed by atoms with Gasteiger partial charge < -0.3 is 19.7 Å². The standard InChI is InChI=1S/C23H26N4O3/c1-29-20-7-3-17(4-8-20)15-26(16-18-5-9-21(30-2)10-6-18)23(28)22-13-19-14-24-11-12-27(19)25-22/h3-10,13,24H,11-12,14-16H2,1-2H3. The van der Waals surface area contributed by atoms with Gasteiger partial charge in [0.2, 0.25) is 0 Å². The molecule has 4 rings (SSSR count). The van der Waals surface area contributed by atoms with Gasteiger partial charge in [-0.1, -0.05) is 24.3 Å². The van der Waals surface area contributed by atoms with Crippen LogP contribution in [0.2, 0.25) is 0 Å². The zero-order valence-electron chi connectivity index (χ0n) is 17.3. The average Bonchev–Trinajstić information content (AvgIpc) is 3.23. The van der Waals surface area contributed by atoms with Crippen LogP contribution in [0.15, 0.2) is 54.6 Å². The van der Waals surface area contributed by atoms with Gasteiger partial charge in [-0.15, -0.1) is 0 Å². The van der Waals surface area contributed by atoms with E-state index in [1.165, 1.54) is 0 Å². The highest BCUT2D eigenvalue weighted by molar-refractivity contribution is 5.92. The van der Waals surface area contributed by atoms with Crippen molar-refractivity contribution in [1.29, 1.82) is 0 Å². The van der Waals surface area contributed by atoms with Gasteiger partial charge in [0.15, 0.2) is 5.69 Å². The molecule has 0 spiro atoms. The first kappa shape index (κ1) is 20.0. The zero-order valence-corrected chi connectivity index (χ0v) is 17.3. The van der Waals surface area contributed by atoms with E-state index in [0.29, 0.717) is 18.8 Å². The predicted molar refractivity (Wildman–Crippen MR) is 113 cm³/mol. The number of carbonyl (C=O) groups excluding carboxylic acids is 1. The molecule has 1 aliphatic heterocycles. The summed E-state index contributed by atoms with van der Waals surface area (Å²) in [5.74, 6) is 1.51. The van der Waals surface area contributed by atoms with Gasteiger partial charge in [0.05, 0.1) is 26.5 Å². The summed E-state index contributed by atoms with van der Waals surface area (Å²) in [5.41, 5.74) is 3.58. The van der Waals surface area contributed by atoms with E-state index in [4.69, 9.17) is 9.47 Å². The van der Waals surface area contributed by atoms with Gasteiger partial charge in [-0.25, -0.2) is 0 Å². The number of nitrogens with one attached hydrogen (secondary N) is 1. The van der Waals surface area contributed by atoms with Crippen molar-refractivity contribution in [2.75, 3.05) is 20.8 Å². The molecular formula is C23H26N4O3. The lowest BCUT2D eigenvalue weighted by Crippen LogP contribution is -2.31. The third-order valence-corrected chi connectivity index (χ3v) is 5.24. The molecule has 0 saturated heterocycles. The van der Waals surface area contributed by atoms with Crippen molar-refractivity contribution >= 4 is 5.91 Å². The van der Waals surface area contributed by atoms with Gasteiger partial charge in [-0.3, -0.25) is 9.48 Å². The summed E-state index contributed by atoms with van der Waals surface area (Å²) in [6, 6.07) is 17.5. The quantitative estimate of drug-likeness (QED) is 0.654. The Bertz CT molecular complexity index is 923. The highest BCUT2D eigenvalue weighted by Crippen LogP contribution is 2.19. The SMILES string of the molecule is COc1ccc(CN(Cc2ccc(OC)cc2)C(=O)c2cc3n(n2)CCNC3)cc1. The maximum atomic E-state index is 13.4. The molecule has 0 unspecified atom stereocenters. The molecule has 156 valence electrons. The summed E-state index contributed by atoms with van der Waals surface area (Å²) in [6.07, 6.45) is 0. The largest absolute Gasteiger partial charge is 0.497 e. The van der Waals surface area contributed by atoms with Gasteiger partial charge in [0.1, 0.15) is 11.5 Å². The smallest absolute Gasteiger partial charge is 0.274 e. The van der Waals surface area contributed by atoms with Crippen molar-refractivity contribution in [3.63, 3.8) is 0 Å². The molecule has 7 nitrogen and oxygen atoms in total. The second-order valence-electron chi connectivity index (χ2n) is 7.28. The minimum Gasteiger partial charge on any atom is -0.497 e. The summed E-state index contributed by atoms with van der Waals surface area (Å²) in [5, 5.41) is 7.87. The lowest BCUT2D eigenvalue weighted by Gasteiger charge is -2.22. The molecule has 7 heteroatoms. The van der Waals surface area contributed by atoms with Gasteiger partial charge >= 0.3 is 0 Å². The molecule has 1 aromatic heterocycles. The highest BCUT2D eigenvalue weighted by atomic mass is 16.5. The molecule has 0 bridgehead atoms. The van der Waals surface area contributed by atoms with Crippen LogP contribution in [0.3, 0.4) is 0 Å². The van der Waals surface area contributed by atoms with Crippen LogP contribution in [-0.2, 0) is 26.2 Å². The minimum absolute atomic E-state index is 0.0801. The third kappa shape index (κ3) is 4.46. The summed E-state index contributed by atoms with van der Waals surface area (Å²) in [7, 11) is 3.29. The Morgan fingerprint density at radius 2 is 1.57 bits per heavy atom. The van der Waals surface area contributed by atoms with E-state index < -0.39 is 0 Å². The van der Waals surface area contributed by atoms with E-state index in [0.717, 1.165) is 48.0 Å². The van der Waals surface area contributed by atoms with E-state index in [1.54, 1.807) is 14.2 Å². The second-order valence-corrected chi connectivity index (χ2v) is 7.28. The summed E-state index contributed by atoms with van der Waals surface area (Å²) in [6.45, 7) is 3.34. The fraction of sp³-hybridized carbons (Fsp3) is 0.304. The van der Waals surface area contributed by atoms with Crippen molar-refractivity contribution in [3.8, 4) is 11.5 Å². The monoisotopic (exact) mass is 406 g/mol. The number of carbonyl (C=O) groups is 1. The Morgan fingerprint density at radius 3 is 2.07 bits per heavy atom. The molecule has 2 aromatic carbocycles. The van der Waals surface area contributed by atoms with Crippen LogP contribution in [-0.4, -0.2) is 41.4 Å². The number of methoxy groups -OCH3 is 2. The summed E-state index contributed by atoms with van der Waals surface area (Å²) >= 11 is 0. The molecule has 1 aliphatic rings. The molecule has 0 aliphatic carbocycles. The van der Waals surface area contributed by atoms with Crippen LogP contribution >= 0.6 is 0 Å². The Balaban J connectivity index is 1.59. The minimum atomic E-state index is -0.0801. The Morgan fingerprint density at radius 1 is 1.00 bits per heavy atom. The maximum Gasteiger partial charge on any atom is 0.274 e. The maximum absolute atomic E-state index is 13.4. The number of aromatic nitrogens is 2. The zero-order chi connectivity index (χ0) is 20.9. The molecule has 1 amide bonds. The Hall–Kier alpha value is -3.32. The molecule has 1 N–H and O–H groups in total. The molecule has 0 fully saturated rings. The van der Waals surface area contributed by atoms with Crippen LogP contribution in [0.25, 0.3) is 0 Å². The van der Waals surface area contributed by atoms with Crippen molar-refractivity contribution in [2.45, 2.75) is 26.2 Å². The number of ether oxygens (including phenoxy) is 2. The topological polar surface area (TPSA) is 68.6 Å². The number of hydrogen-bond donors (Lipinski definition) is 1. The first-order valence-electron chi connectivity index (χ1n) is 9.99. The first-order valence-corrected chi connectivity index (χ1v) is 9.99. The van der Waals surface area contributed by atoms with Crippen molar-refractivity contribution in [3.05, 3.63) is 77.1 Å². The van der Waals surface area contributed by atoms with Gasteiger partial charge in [0, 0.05) is 26.2 Å². The molecule has 0 atom stereocenters. The number of nitrogens with zero attached hydrogens (tertiary/aromatic N) is 3. The number of benzene rings is 2. The lowest BCUT2D eigenvalue weighted by molar-refractivity contribution is 0.0723. The van der Waals surface area contributed by atoms with E-state index in [2.05, 4.69) is 10.4 Å². The fourth-order valence-electron chi connectivity index (χ4n) is 3.56. The van der Waals surface area contributed by atoms with Crippen molar-refractivity contribution in [1.82, 2.24) is 20.0 Å². The molecule has 0 radical (unpaired) electrons. The molecule has 3 aromatic rings. The lowest BCUT2D eigenvalue weighted by atomic mass is 10.1. The van der Waals surface area contributed by atoms with Crippen LogP contribution in [0.5, 0.6) is 11.5 Å². The van der Waals surface area contributed by atoms with E-state index >= 15 is 0 Å². The number of rotatable bonds is 7. The molecule has 0 saturated carbocycles. The van der Waals surface area contributed by atoms with E-state index in [9.17, 15) is 4.79 Å². The van der Waals surface area contributed by atoms with Gasteiger partial charge in [-0.2, -0.15) is 5.10 Å². The normalized spacial score (nSPS) is 12.9. The van der Waals surface area contributed by atoms with Gasteiger partial charge in [0.25, 0.3) is 5.91 Å². The van der Waals surface area contributed by atoms with Crippen molar-refractivity contribution < 1.29 is 14.3 Å². The van der Waals surface area contributed by atoms with Crippen LogP contribution in [0.1, 0.15) is 27.3 Å².